The third-order valence-corrected chi connectivity index (χ3v) is 7.69. The topological polar surface area (TPSA) is 69.7 Å². The van der Waals surface area contributed by atoms with Gasteiger partial charge in [-0.15, -0.1) is 0 Å². The summed E-state index contributed by atoms with van der Waals surface area (Å²) < 4.78 is 27.8. The summed E-state index contributed by atoms with van der Waals surface area (Å²) in [6.45, 7) is 5.28. The van der Waals surface area contributed by atoms with E-state index >= 15 is 0 Å². The maximum absolute atomic E-state index is 13.4. The smallest absolute Gasteiger partial charge is 0.264 e. The Morgan fingerprint density at radius 2 is 1.75 bits per heavy atom. The van der Waals surface area contributed by atoms with E-state index in [2.05, 4.69) is 10.2 Å². The highest BCUT2D eigenvalue weighted by atomic mass is 35.5. The Kier molecular flexibility index (Phi) is 8.96. The molecule has 1 fully saturated rings. The van der Waals surface area contributed by atoms with E-state index in [0.717, 1.165) is 35.9 Å². The number of rotatable bonds is 9. The summed E-state index contributed by atoms with van der Waals surface area (Å²) in [6.07, 6.45) is 5.90. The van der Waals surface area contributed by atoms with E-state index in [1.165, 1.54) is 25.7 Å². The van der Waals surface area contributed by atoms with Crippen LogP contribution in [0.5, 0.6) is 0 Å². The number of sulfonamides is 1. The summed E-state index contributed by atoms with van der Waals surface area (Å²) in [5, 5.41) is 3.29. The normalized spacial score (nSPS) is 15.2. The van der Waals surface area contributed by atoms with Crippen molar-refractivity contribution in [1.29, 1.82) is 0 Å². The highest BCUT2D eigenvalue weighted by Crippen LogP contribution is 2.26. The zero-order valence-electron chi connectivity index (χ0n) is 18.6. The van der Waals surface area contributed by atoms with Gasteiger partial charge in [0.1, 0.15) is 6.54 Å². The molecule has 1 N–H and O–H groups in total. The van der Waals surface area contributed by atoms with E-state index in [1.807, 2.05) is 6.92 Å². The molecule has 0 radical (unpaired) electrons. The molecule has 0 atom stereocenters. The van der Waals surface area contributed by atoms with Gasteiger partial charge in [0.15, 0.2) is 0 Å². The van der Waals surface area contributed by atoms with E-state index in [-0.39, 0.29) is 17.3 Å². The molecule has 1 heterocycles. The number of nitrogens with one attached hydrogen (secondary N) is 1. The molecule has 1 aliphatic heterocycles. The van der Waals surface area contributed by atoms with E-state index in [4.69, 9.17) is 11.6 Å². The minimum Gasteiger partial charge on any atom is -0.354 e. The Labute approximate surface area is 196 Å². The molecular formula is C24H32ClN3O3S. The number of nitrogens with zero attached hydrogens (tertiary/aromatic N) is 2. The number of amides is 1. The van der Waals surface area contributed by atoms with Crippen LogP contribution in [0.1, 0.15) is 37.7 Å². The van der Waals surface area contributed by atoms with Gasteiger partial charge in [0.05, 0.1) is 10.6 Å². The monoisotopic (exact) mass is 477 g/mol. The Morgan fingerprint density at radius 1 is 1.06 bits per heavy atom. The average molecular weight is 478 g/mol. The van der Waals surface area contributed by atoms with Gasteiger partial charge in [-0.3, -0.25) is 9.10 Å². The molecule has 6 nitrogen and oxygen atoms in total. The van der Waals surface area contributed by atoms with Gasteiger partial charge in [0, 0.05) is 11.6 Å². The van der Waals surface area contributed by atoms with Crippen molar-refractivity contribution >= 4 is 33.2 Å². The number of anilines is 1. The minimum atomic E-state index is -3.93. The van der Waals surface area contributed by atoms with Crippen molar-refractivity contribution < 1.29 is 13.2 Å². The number of carbonyl (C=O) groups is 1. The largest absolute Gasteiger partial charge is 0.354 e. The van der Waals surface area contributed by atoms with Crippen LogP contribution in [0, 0.1) is 6.92 Å². The molecule has 0 aromatic heterocycles. The second-order valence-electron chi connectivity index (χ2n) is 8.26. The molecule has 2 aromatic carbocycles. The molecule has 3 rings (SSSR count). The summed E-state index contributed by atoms with van der Waals surface area (Å²) >= 11 is 6.10. The molecule has 32 heavy (non-hydrogen) atoms. The highest BCUT2D eigenvalue weighted by Gasteiger charge is 2.27. The van der Waals surface area contributed by atoms with Gasteiger partial charge in [-0.25, -0.2) is 8.42 Å². The van der Waals surface area contributed by atoms with Crippen molar-refractivity contribution in [3.05, 3.63) is 59.1 Å². The Hall–Kier alpha value is -2.09. The predicted molar refractivity (Wildman–Crippen MR) is 130 cm³/mol. The van der Waals surface area contributed by atoms with Crippen LogP contribution in [-0.4, -0.2) is 51.9 Å². The molecule has 8 heteroatoms. The number of hydrogen-bond donors (Lipinski definition) is 1. The quantitative estimate of drug-likeness (QED) is 0.549. The zero-order valence-corrected chi connectivity index (χ0v) is 20.2. The molecule has 174 valence electrons. The van der Waals surface area contributed by atoms with Gasteiger partial charge in [-0.05, 0) is 76.2 Å². The summed E-state index contributed by atoms with van der Waals surface area (Å²) in [5.41, 5.74) is 1.32. The van der Waals surface area contributed by atoms with Crippen LogP contribution in [0.3, 0.4) is 0 Å². The number of halogens is 1. The lowest BCUT2D eigenvalue weighted by atomic mass is 10.2. The average Bonchev–Trinajstić information content (AvgIpc) is 3.04. The minimum absolute atomic E-state index is 0.136. The van der Waals surface area contributed by atoms with E-state index in [9.17, 15) is 13.2 Å². The van der Waals surface area contributed by atoms with Crippen LogP contribution in [0.15, 0.2) is 53.4 Å². The van der Waals surface area contributed by atoms with Crippen LogP contribution in [0.4, 0.5) is 5.69 Å². The second kappa shape index (κ2) is 11.7. The van der Waals surface area contributed by atoms with Crippen molar-refractivity contribution in [2.24, 2.45) is 0 Å². The maximum Gasteiger partial charge on any atom is 0.264 e. The molecule has 1 saturated heterocycles. The van der Waals surface area contributed by atoms with Gasteiger partial charge < -0.3 is 10.2 Å². The van der Waals surface area contributed by atoms with Crippen molar-refractivity contribution in [3.63, 3.8) is 0 Å². The standard InChI is InChI=1S/C24H32ClN3O3S/c1-20-10-12-23(13-11-20)32(30,31)28(22-9-6-8-21(25)18-22)19-24(29)26-14-7-17-27-15-4-2-3-5-16-27/h6,8-13,18H,2-5,7,14-17,19H2,1H3,(H,26,29). The molecule has 0 unspecified atom stereocenters. The van der Waals surface area contributed by atoms with Gasteiger partial charge in [0.2, 0.25) is 5.91 Å². The van der Waals surface area contributed by atoms with Gasteiger partial charge in [-0.2, -0.15) is 0 Å². The number of hydrogen-bond acceptors (Lipinski definition) is 4. The first-order valence-electron chi connectivity index (χ1n) is 11.2. The summed E-state index contributed by atoms with van der Waals surface area (Å²) in [5.74, 6) is -0.337. The van der Waals surface area contributed by atoms with Crippen molar-refractivity contribution in [3.8, 4) is 0 Å². The predicted octanol–water partition coefficient (Wildman–Crippen LogP) is 4.23. The second-order valence-corrected chi connectivity index (χ2v) is 10.6. The SMILES string of the molecule is Cc1ccc(S(=O)(=O)N(CC(=O)NCCCN2CCCCCC2)c2cccc(Cl)c2)cc1. The zero-order chi connectivity index (χ0) is 23.0. The van der Waals surface area contributed by atoms with Crippen molar-refractivity contribution in [1.82, 2.24) is 10.2 Å². The van der Waals surface area contributed by atoms with E-state index in [0.29, 0.717) is 17.3 Å². The number of carbonyl (C=O) groups excluding carboxylic acids is 1. The molecule has 0 spiro atoms. The summed E-state index contributed by atoms with van der Waals surface area (Å²) in [4.78, 5) is 15.3. The third kappa shape index (κ3) is 6.95. The van der Waals surface area contributed by atoms with Gasteiger partial charge in [0.25, 0.3) is 10.0 Å². The van der Waals surface area contributed by atoms with E-state index in [1.54, 1.807) is 48.5 Å². The molecule has 1 aliphatic rings. The molecule has 2 aromatic rings. The number of likely N-dealkylation sites (tertiary alicyclic amines) is 1. The lowest BCUT2D eigenvalue weighted by Crippen LogP contribution is -2.41. The number of benzene rings is 2. The fraction of sp³-hybridized carbons (Fsp3) is 0.458. The summed E-state index contributed by atoms with van der Waals surface area (Å²) in [7, 11) is -3.93. The summed E-state index contributed by atoms with van der Waals surface area (Å²) in [6, 6.07) is 13.1. The first kappa shape index (κ1) is 24.6. The van der Waals surface area contributed by atoms with Crippen LogP contribution < -0.4 is 9.62 Å². The van der Waals surface area contributed by atoms with Gasteiger partial charge in [-0.1, -0.05) is 48.2 Å². The Morgan fingerprint density at radius 3 is 2.41 bits per heavy atom. The molecule has 0 saturated carbocycles. The lowest BCUT2D eigenvalue weighted by molar-refractivity contribution is -0.119. The fourth-order valence-corrected chi connectivity index (χ4v) is 5.46. The van der Waals surface area contributed by atoms with Crippen molar-refractivity contribution in [2.75, 3.05) is 37.0 Å². The maximum atomic E-state index is 13.4. The third-order valence-electron chi connectivity index (χ3n) is 5.66. The van der Waals surface area contributed by atoms with Crippen LogP contribution >= 0.6 is 11.6 Å². The van der Waals surface area contributed by atoms with Crippen molar-refractivity contribution in [2.45, 2.75) is 43.9 Å². The first-order chi connectivity index (χ1) is 15.4. The first-order valence-corrected chi connectivity index (χ1v) is 13.0. The van der Waals surface area contributed by atoms with E-state index < -0.39 is 10.0 Å². The van der Waals surface area contributed by atoms with Crippen LogP contribution in [0.25, 0.3) is 0 Å². The molecule has 0 bridgehead atoms. The highest BCUT2D eigenvalue weighted by molar-refractivity contribution is 7.92. The molecular weight excluding hydrogens is 446 g/mol. The molecule has 0 aliphatic carbocycles. The van der Waals surface area contributed by atoms with Gasteiger partial charge >= 0.3 is 0 Å². The Balaban J connectivity index is 1.66. The lowest BCUT2D eigenvalue weighted by Gasteiger charge is -2.24. The van der Waals surface area contributed by atoms with Crippen LogP contribution in [0.2, 0.25) is 5.02 Å². The Bertz CT molecular complexity index is 988. The van der Waals surface area contributed by atoms with Crippen LogP contribution in [-0.2, 0) is 14.8 Å². The molecule has 1 amide bonds. The number of aryl methyl sites for hydroxylation is 1. The fourth-order valence-electron chi connectivity index (χ4n) is 3.86.